The van der Waals surface area contributed by atoms with Gasteiger partial charge in [0.25, 0.3) is 0 Å². The predicted molar refractivity (Wildman–Crippen MR) is 92.1 cm³/mol. The molecule has 5 rings (SSSR count). The SMILES string of the molecule is COc1ccc2c(c1)c1cccnc1n1c3ccccc3nc21. The largest absolute Gasteiger partial charge is 0.497 e. The van der Waals surface area contributed by atoms with Gasteiger partial charge < -0.3 is 4.74 Å². The minimum absolute atomic E-state index is 0.836. The van der Waals surface area contributed by atoms with E-state index in [1.54, 1.807) is 7.11 Å². The number of hydrogen-bond donors (Lipinski definition) is 0. The van der Waals surface area contributed by atoms with Crippen LogP contribution in [0.15, 0.2) is 60.8 Å². The maximum atomic E-state index is 5.39. The third-order valence-electron chi connectivity index (χ3n) is 4.32. The summed E-state index contributed by atoms with van der Waals surface area (Å²) in [6, 6.07) is 18.3. The second kappa shape index (κ2) is 4.43. The van der Waals surface area contributed by atoms with Gasteiger partial charge in [0.2, 0.25) is 0 Å². The molecule has 4 heteroatoms. The van der Waals surface area contributed by atoms with Gasteiger partial charge in [0.15, 0.2) is 0 Å². The molecule has 3 aromatic heterocycles. The molecule has 0 N–H and O–H groups in total. The molecule has 0 saturated carbocycles. The summed E-state index contributed by atoms with van der Waals surface area (Å²) in [5.41, 5.74) is 3.89. The summed E-state index contributed by atoms with van der Waals surface area (Å²) in [4.78, 5) is 9.45. The topological polar surface area (TPSA) is 39.4 Å². The van der Waals surface area contributed by atoms with Gasteiger partial charge in [-0.05, 0) is 42.5 Å². The lowest BCUT2D eigenvalue weighted by molar-refractivity contribution is 0.415. The van der Waals surface area contributed by atoms with Crippen LogP contribution in [-0.4, -0.2) is 21.5 Å². The average Bonchev–Trinajstić information content (AvgIpc) is 3.01. The molecular formula is C19H13N3O. The van der Waals surface area contributed by atoms with E-state index in [-0.39, 0.29) is 0 Å². The molecule has 0 bridgehead atoms. The van der Waals surface area contributed by atoms with Crippen LogP contribution in [0.5, 0.6) is 5.75 Å². The van der Waals surface area contributed by atoms with E-state index in [1.165, 1.54) is 0 Å². The highest BCUT2D eigenvalue weighted by molar-refractivity contribution is 6.13. The lowest BCUT2D eigenvalue weighted by atomic mass is 10.1. The van der Waals surface area contributed by atoms with Gasteiger partial charge in [-0.2, -0.15) is 0 Å². The van der Waals surface area contributed by atoms with Gasteiger partial charge in [-0.1, -0.05) is 12.1 Å². The van der Waals surface area contributed by atoms with Gasteiger partial charge in [0, 0.05) is 22.4 Å². The van der Waals surface area contributed by atoms with E-state index in [9.17, 15) is 0 Å². The van der Waals surface area contributed by atoms with Gasteiger partial charge >= 0.3 is 0 Å². The summed E-state index contributed by atoms with van der Waals surface area (Å²) < 4.78 is 7.53. The van der Waals surface area contributed by atoms with Crippen LogP contribution in [-0.2, 0) is 0 Å². The zero-order chi connectivity index (χ0) is 15.4. The lowest BCUT2D eigenvalue weighted by Crippen LogP contribution is -1.94. The van der Waals surface area contributed by atoms with E-state index in [0.717, 1.165) is 44.2 Å². The maximum absolute atomic E-state index is 5.39. The summed E-state index contributed by atoms with van der Waals surface area (Å²) in [6.45, 7) is 0. The van der Waals surface area contributed by atoms with Crippen molar-refractivity contribution in [2.24, 2.45) is 0 Å². The molecule has 5 aromatic rings. The van der Waals surface area contributed by atoms with Gasteiger partial charge in [0.05, 0.1) is 18.1 Å². The number of benzene rings is 2. The number of hydrogen-bond acceptors (Lipinski definition) is 3. The Hall–Kier alpha value is -3.14. The third kappa shape index (κ3) is 1.60. The van der Waals surface area contributed by atoms with Gasteiger partial charge in [-0.25, -0.2) is 9.97 Å². The number of para-hydroxylation sites is 2. The van der Waals surface area contributed by atoms with Crippen molar-refractivity contribution in [2.45, 2.75) is 0 Å². The summed E-state index contributed by atoms with van der Waals surface area (Å²) >= 11 is 0. The van der Waals surface area contributed by atoms with Gasteiger partial charge in [-0.3, -0.25) is 4.40 Å². The Kier molecular flexibility index (Phi) is 2.39. The first-order valence-electron chi connectivity index (χ1n) is 7.48. The van der Waals surface area contributed by atoms with E-state index >= 15 is 0 Å². The summed E-state index contributed by atoms with van der Waals surface area (Å²) in [5.74, 6) is 0.836. The zero-order valence-electron chi connectivity index (χ0n) is 12.5. The van der Waals surface area contributed by atoms with Crippen molar-refractivity contribution in [1.82, 2.24) is 14.4 Å². The van der Waals surface area contributed by atoms with Gasteiger partial charge in [-0.15, -0.1) is 0 Å². The molecule has 0 amide bonds. The third-order valence-corrected chi connectivity index (χ3v) is 4.32. The summed E-state index contributed by atoms with van der Waals surface area (Å²) in [7, 11) is 1.68. The van der Waals surface area contributed by atoms with Crippen LogP contribution in [0.2, 0.25) is 0 Å². The smallest absolute Gasteiger partial charge is 0.147 e. The number of ether oxygens (including phenoxy) is 1. The number of methoxy groups -OCH3 is 1. The van der Waals surface area contributed by atoms with Crippen LogP contribution in [0.4, 0.5) is 0 Å². The van der Waals surface area contributed by atoms with E-state index in [1.807, 2.05) is 36.5 Å². The highest BCUT2D eigenvalue weighted by Crippen LogP contribution is 2.33. The molecule has 0 aliphatic carbocycles. The zero-order valence-corrected chi connectivity index (χ0v) is 12.5. The quantitative estimate of drug-likeness (QED) is 0.435. The molecule has 0 saturated heterocycles. The number of pyridine rings is 2. The molecule has 4 nitrogen and oxygen atoms in total. The van der Waals surface area contributed by atoms with Crippen molar-refractivity contribution in [3.8, 4) is 5.75 Å². The van der Waals surface area contributed by atoms with E-state index in [2.05, 4.69) is 33.7 Å². The molecule has 110 valence electrons. The minimum atomic E-state index is 0.836. The first-order valence-corrected chi connectivity index (χ1v) is 7.48. The Labute approximate surface area is 132 Å². The molecule has 0 aliphatic heterocycles. The minimum Gasteiger partial charge on any atom is -0.497 e. The van der Waals surface area contributed by atoms with E-state index in [0.29, 0.717) is 0 Å². The Morgan fingerprint density at radius 3 is 2.65 bits per heavy atom. The van der Waals surface area contributed by atoms with Crippen LogP contribution < -0.4 is 4.74 Å². The molecule has 0 spiro atoms. The number of nitrogens with zero attached hydrogens (tertiary/aromatic N) is 3. The Bertz CT molecular complexity index is 1210. The van der Waals surface area contributed by atoms with Crippen molar-refractivity contribution >= 4 is 38.5 Å². The van der Waals surface area contributed by atoms with Crippen molar-refractivity contribution in [3.63, 3.8) is 0 Å². The Balaban J connectivity index is 2.15. The molecule has 3 heterocycles. The van der Waals surface area contributed by atoms with Crippen LogP contribution in [0.3, 0.4) is 0 Å². The first-order chi connectivity index (χ1) is 11.4. The highest BCUT2D eigenvalue weighted by atomic mass is 16.5. The lowest BCUT2D eigenvalue weighted by Gasteiger charge is -2.09. The fourth-order valence-electron chi connectivity index (χ4n) is 3.27. The number of aromatic nitrogens is 3. The predicted octanol–water partition coefficient (Wildman–Crippen LogP) is 4.20. The van der Waals surface area contributed by atoms with Gasteiger partial charge in [0.1, 0.15) is 17.0 Å². The van der Waals surface area contributed by atoms with Crippen LogP contribution in [0, 0.1) is 0 Å². The molecule has 0 unspecified atom stereocenters. The summed E-state index contributed by atoms with van der Waals surface area (Å²) in [5, 5.41) is 3.30. The Morgan fingerprint density at radius 2 is 1.74 bits per heavy atom. The highest BCUT2D eigenvalue weighted by Gasteiger charge is 2.14. The van der Waals surface area contributed by atoms with E-state index in [4.69, 9.17) is 9.72 Å². The number of rotatable bonds is 1. The van der Waals surface area contributed by atoms with Crippen molar-refractivity contribution < 1.29 is 4.74 Å². The first kappa shape index (κ1) is 12.4. The standard InChI is InChI=1S/C19H13N3O/c1-23-12-8-9-14-15(11-12)13-5-4-10-20-18(13)22-17-7-3-2-6-16(17)21-19(14)22/h2-11H,1H3. The number of imidazole rings is 1. The van der Waals surface area contributed by atoms with Crippen molar-refractivity contribution in [3.05, 3.63) is 60.8 Å². The van der Waals surface area contributed by atoms with Crippen LogP contribution in [0.1, 0.15) is 0 Å². The molecule has 0 fully saturated rings. The Morgan fingerprint density at radius 1 is 0.870 bits per heavy atom. The second-order valence-electron chi connectivity index (χ2n) is 5.55. The second-order valence-corrected chi connectivity index (χ2v) is 5.55. The molecule has 0 aliphatic rings. The van der Waals surface area contributed by atoms with Crippen molar-refractivity contribution in [1.29, 1.82) is 0 Å². The molecule has 23 heavy (non-hydrogen) atoms. The van der Waals surface area contributed by atoms with Crippen LogP contribution >= 0.6 is 0 Å². The molecule has 0 radical (unpaired) electrons. The molecular weight excluding hydrogens is 286 g/mol. The normalized spacial score (nSPS) is 11.7. The fourth-order valence-corrected chi connectivity index (χ4v) is 3.27. The number of fused-ring (bicyclic) bond motifs is 8. The van der Waals surface area contributed by atoms with E-state index < -0.39 is 0 Å². The fraction of sp³-hybridized carbons (Fsp3) is 0.0526. The molecule has 0 atom stereocenters. The average molecular weight is 299 g/mol. The summed E-state index contributed by atoms with van der Waals surface area (Å²) in [6.07, 6.45) is 1.82. The van der Waals surface area contributed by atoms with Crippen LogP contribution in [0.25, 0.3) is 38.5 Å². The maximum Gasteiger partial charge on any atom is 0.147 e. The van der Waals surface area contributed by atoms with Crippen molar-refractivity contribution in [2.75, 3.05) is 7.11 Å². The molecule has 2 aromatic carbocycles. The monoisotopic (exact) mass is 299 g/mol.